The first-order valence-corrected chi connectivity index (χ1v) is 11.6. The SMILES string of the molecule is CCCCCCCCCCOOP(=O)(O)OCCOCCOCCOCC. The van der Waals surface area contributed by atoms with Crippen molar-refractivity contribution in [2.24, 2.45) is 0 Å². The van der Waals surface area contributed by atoms with Gasteiger partial charge in [-0.15, -0.1) is 4.67 Å². The van der Waals surface area contributed by atoms with E-state index in [2.05, 4.69) is 11.6 Å². The van der Waals surface area contributed by atoms with Crippen LogP contribution in [0, 0.1) is 0 Å². The lowest BCUT2D eigenvalue weighted by molar-refractivity contribution is -0.225. The number of ether oxygens (including phenoxy) is 3. The monoisotopic (exact) mass is 414 g/mol. The number of phosphoric ester groups is 1. The molecule has 27 heavy (non-hydrogen) atoms. The van der Waals surface area contributed by atoms with Crippen molar-refractivity contribution in [3.8, 4) is 0 Å². The summed E-state index contributed by atoms with van der Waals surface area (Å²) in [5.74, 6) is 0. The minimum Gasteiger partial charge on any atom is -0.379 e. The third-order valence-electron chi connectivity index (χ3n) is 3.66. The molecule has 0 aromatic carbocycles. The van der Waals surface area contributed by atoms with Gasteiger partial charge in [0.2, 0.25) is 0 Å². The van der Waals surface area contributed by atoms with Gasteiger partial charge in [-0.2, -0.15) is 0 Å². The van der Waals surface area contributed by atoms with E-state index in [0.29, 0.717) is 33.0 Å². The fraction of sp³-hybridized carbons (Fsp3) is 1.00. The van der Waals surface area contributed by atoms with Crippen LogP contribution in [0.1, 0.15) is 65.2 Å². The normalized spacial score (nSPS) is 13.7. The Bertz CT molecular complexity index is 315. The number of hydrogen-bond donors (Lipinski definition) is 1. The summed E-state index contributed by atoms with van der Waals surface area (Å²) < 4.78 is 36.4. The minimum atomic E-state index is -4.19. The third-order valence-corrected chi connectivity index (χ3v) is 4.46. The van der Waals surface area contributed by atoms with Crippen molar-refractivity contribution in [2.45, 2.75) is 65.2 Å². The molecule has 0 fully saturated rings. The Labute approximate surface area is 164 Å². The zero-order valence-electron chi connectivity index (χ0n) is 17.1. The molecule has 0 aromatic rings. The van der Waals surface area contributed by atoms with Gasteiger partial charge in [-0.25, -0.2) is 9.45 Å². The Balaban J connectivity index is 3.32. The lowest BCUT2D eigenvalue weighted by Crippen LogP contribution is -2.11. The van der Waals surface area contributed by atoms with Crippen molar-refractivity contribution in [1.82, 2.24) is 0 Å². The van der Waals surface area contributed by atoms with Crippen LogP contribution in [0.4, 0.5) is 0 Å². The highest BCUT2D eigenvalue weighted by Gasteiger charge is 2.22. The van der Waals surface area contributed by atoms with Gasteiger partial charge in [0.15, 0.2) is 0 Å². The molecule has 9 heteroatoms. The van der Waals surface area contributed by atoms with Crippen molar-refractivity contribution in [3.63, 3.8) is 0 Å². The van der Waals surface area contributed by atoms with Gasteiger partial charge in [0.1, 0.15) is 0 Å². The zero-order valence-corrected chi connectivity index (χ0v) is 18.0. The van der Waals surface area contributed by atoms with E-state index >= 15 is 0 Å². The van der Waals surface area contributed by atoms with E-state index in [4.69, 9.17) is 23.6 Å². The molecule has 0 radical (unpaired) electrons. The van der Waals surface area contributed by atoms with Crippen molar-refractivity contribution in [3.05, 3.63) is 0 Å². The van der Waals surface area contributed by atoms with Crippen LogP contribution in [0.3, 0.4) is 0 Å². The fourth-order valence-corrected chi connectivity index (χ4v) is 2.77. The van der Waals surface area contributed by atoms with Gasteiger partial charge in [-0.05, 0) is 13.3 Å². The van der Waals surface area contributed by atoms with Crippen LogP contribution >= 0.6 is 7.82 Å². The maximum Gasteiger partial charge on any atom is 0.499 e. The quantitative estimate of drug-likeness (QED) is 0.122. The Morgan fingerprint density at radius 1 is 0.667 bits per heavy atom. The molecule has 1 atom stereocenters. The molecule has 0 amide bonds. The summed E-state index contributed by atoms with van der Waals surface area (Å²) in [5.41, 5.74) is 0. The molecule has 0 heterocycles. The van der Waals surface area contributed by atoms with Gasteiger partial charge in [-0.1, -0.05) is 51.9 Å². The van der Waals surface area contributed by atoms with Crippen LogP contribution in [0.15, 0.2) is 0 Å². The van der Waals surface area contributed by atoms with Crippen molar-refractivity contribution >= 4 is 7.82 Å². The molecule has 0 aliphatic carbocycles. The molecule has 1 N–H and O–H groups in total. The molecule has 0 aromatic heterocycles. The number of phosphoric acid groups is 1. The average Bonchev–Trinajstić information content (AvgIpc) is 2.64. The van der Waals surface area contributed by atoms with E-state index < -0.39 is 7.82 Å². The molecule has 0 bridgehead atoms. The smallest absolute Gasteiger partial charge is 0.379 e. The molecule has 0 saturated heterocycles. The van der Waals surface area contributed by atoms with Gasteiger partial charge < -0.3 is 19.1 Å². The maximum atomic E-state index is 11.6. The van der Waals surface area contributed by atoms with E-state index in [0.717, 1.165) is 19.3 Å². The molecule has 0 saturated carbocycles. The van der Waals surface area contributed by atoms with E-state index in [9.17, 15) is 9.46 Å². The topological polar surface area (TPSA) is 92.7 Å². The van der Waals surface area contributed by atoms with E-state index in [1.807, 2.05) is 6.92 Å². The van der Waals surface area contributed by atoms with Crippen molar-refractivity contribution in [2.75, 3.05) is 52.9 Å². The van der Waals surface area contributed by atoms with Gasteiger partial charge in [0.05, 0.1) is 46.2 Å². The Morgan fingerprint density at radius 2 is 1.19 bits per heavy atom. The number of unbranched alkanes of at least 4 members (excludes halogenated alkanes) is 7. The molecule has 0 rings (SSSR count). The van der Waals surface area contributed by atoms with Gasteiger partial charge in [-0.3, -0.25) is 4.52 Å². The average molecular weight is 414 g/mol. The Kier molecular flexibility index (Phi) is 20.6. The first kappa shape index (κ1) is 27.0. The number of rotatable bonds is 22. The summed E-state index contributed by atoms with van der Waals surface area (Å²) in [4.78, 5) is 14.2. The molecule has 164 valence electrons. The Hall–Kier alpha value is -0.0500. The second kappa shape index (κ2) is 20.7. The van der Waals surface area contributed by atoms with Gasteiger partial charge in [0.25, 0.3) is 0 Å². The van der Waals surface area contributed by atoms with Crippen LogP contribution in [0.25, 0.3) is 0 Å². The Morgan fingerprint density at radius 3 is 1.78 bits per heavy atom. The maximum absolute atomic E-state index is 11.6. The van der Waals surface area contributed by atoms with Crippen molar-refractivity contribution in [1.29, 1.82) is 0 Å². The summed E-state index contributed by atoms with van der Waals surface area (Å²) in [6.45, 7) is 7.07. The fourth-order valence-electron chi connectivity index (χ4n) is 2.22. The zero-order chi connectivity index (χ0) is 20.1. The predicted octanol–water partition coefficient (Wildman–Crippen LogP) is 4.26. The van der Waals surface area contributed by atoms with Crippen molar-refractivity contribution < 1.29 is 37.8 Å². The molecule has 0 spiro atoms. The third kappa shape index (κ3) is 22.1. The largest absolute Gasteiger partial charge is 0.499 e. The second-order valence-corrected chi connectivity index (χ2v) is 7.44. The molecular formula is C18H39O8P. The van der Waals surface area contributed by atoms with Crippen LogP contribution in [-0.4, -0.2) is 57.7 Å². The highest BCUT2D eigenvalue weighted by molar-refractivity contribution is 7.47. The summed E-state index contributed by atoms with van der Waals surface area (Å²) in [6, 6.07) is 0. The van der Waals surface area contributed by atoms with Crippen LogP contribution < -0.4 is 0 Å². The summed E-state index contributed by atoms with van der Waals surface area (Å²) in [6.07, 6.45) is 9.30. The van der Waals surface area contributed by atoms with Crippen LogP contribution in [-0.2, 0) is 32.9 Å². The molecule has 0 aliphatic rings. The standard InChI is InChI=1S/C18H39O8P/c1-3-5-6-7-8-9-10-11-12-24-26-27(19,20)25-18-17-23-16-15-22-14-13-21-4-2/h3-18H2,1-2H3,(H,19,20). The minimum absolute atomic E-state index is 0.0617. The number of hydrogen-bond acceptors (Lipinski definition) is 7. The van der Waals surface area contributed by atoms with E-state index in [1.54, 1.807) is 0 Å². The lowest BCUT2D eigenvalue weighted by Gasteiger charge is -2.11. The van der Waals surface area contributed by atoms with Crippen LogP contribution in [0.5, 0.6) is 0 Å². The van der Waals surface area contributed by atoms with Gasteiger partial charge >= 0.3 is 7.82 Å². The summed E-state index contributed by atoms with van der Waals surface area (Å²) in [7, 11) is -4.19. The first-order chi connectivity index (χ1) is 13.1. The van der Waals surface area contributed by atoms with Crippen LogP contribution in [0.2, 0.25) is 0 Å². The van der Waals surface area contributed by atoms with E-state index in [-0.39, 0.29) is 19.8 Å². The first-order valence-electron chi connectivity index (χ1n) is 10.1. The molecule has 1 unspecified atom stereocenters. The van der Waals surface area contributed by atoms with Gasteiger partial charge in [0, 0.05) is 6.61 Å². The highest BCUT2D eigenvalue weighted by Crippen LogP contribution is 2.43. The highest BCUT2D eigenvalue weighted by atomic mass is 31.2. The summed E-state index contributed by atoms with van der Waals surface area (Å²) >= 11 is 0. The molecule has 0 aliphatic heterocycles. The lowest BCUT2D eigenvalue weighted by atomic mass is 10.1. The molecular weight excluding hydrogens is 375 g/mol. The second-order valence-electron chi connectivity index (χ2n) is 6.09. The predicted molar refractivity (Wildman–Crippen MR) is 104 cm³/mol. The molecule has 8 nitrogen and oxygen atoms in total. The summed E-state index contributed by atoms with van der Waals surface area (Å²) in [5, 5.41) is 0. The van der Waals surface area contributed by atoms with E-state index in [1.165, 1.54) is 32.1 Å².